The molecule has 0 aliphatic heterocycles. The first-order valence-corrected chi connectivity index (χ1v) is 7.44. The van der Waals surface area contributed by atoms with E-state index in [1.807, 2.05) is 13.8 Å². The van der Waals surface area contributed by atoms with E-state index < -0.39 is 10.0 Å². The van der Waals surface area contributed by atoms with E-state index in [-0.39, 0.29) is 11.7 Å². The molecule has 0 spiro atoms. The Balaban J connectivity index is 2.84. The summed E-state index contributed by atoms with van der Waals surface area (Å²) in [6, 6.07) is 1.58. The average molecular weight is 328 g/mol. The van der Waals surface area contributed by atoms with Crippen molar-refractivity contribution in [3.63, 3.8) is 0 Å². The van der Waals surface area contributed by atoms with Crippen LogP contribution in [-0.2, 0) is 10.0 Å². The van der Waals surface area contributed by atoms with Crippen molar-refractivity contribution < 1.29 is 8.42 Å². The quantitative estimate of drug-likeness (QED) is 0.865. The highest BCUT2D eigenvalue weighted by molar-refractivity contribution is 9.10. The molecule has 7 heteroatoms. The van der Waals surface area contributed by atoms with Crippen LogP contribution in [0.4, 0.5) is 5.69 Å². The zero-order valence-electron chi connectivity index (χ0n) is 8.87. The van der Waals surface area contributed by atoms with Crippen molar-refractivity contribution in [3.05, 3.63) is 21.9 Å². The smallest absolute Gasteiger partial charge is 0.233 e. The van der Waals surface area contributed by atoms with Crippen LogP contribution in [0.15, 0.2) is 16.7 Å². The van der Waals surface area contributed by atoms with Crippen molar-refractivity contribution in [2.75, 3.05) is 10.5 Å². The number of nitrogens with one attached hydrogen (secondary N) is 1. The summed E-state index contributed by atoms with van der Waals surface area (Å²) in [5, 5.41) is 0.298. The lowest BCUT2D eigenvalue weighted by Crippen LogP contribution is -2.20. The first-order chi connectivity index (χ1) is 7.30. The van der Waals surface area contributed by atoms with Gasteiger partial charge in [0.15, 0.2) is 0 Å². The standard InChI is InChI=1S/C9H12BrClN2O2S/c1-6(2)5-16(14,15)13-7-3-8(10)9(11)12-4-7/h3-4,6,13H,5H2,1-2H3. The second-order valence-electron chi connectivity index (χ2n) is 3.77. The number of hydrogen-bond acceptors (Lipinski definition) is 3. The zero-order chi connectivity index (χ0) is 12.3. The molecule has 0 amide bonds. The van der Waals surface area contributed by atoms with Gasteiger partial charge in [0.05, 0.1) is 22.1 Å². The maximum atomic E-state index is 11.6. The highest BCUT2D eigenvalue weighted by atomic mass is 79.9. The summed E-state index contributed by atoms with van der Waals surface area (Å²) in [5.74, 6) is 0.147. The molecule has 1 aromatic heterocycles. The van der Waals surface area contributed by atoms with E-state index in [4.69, 9.17) is 11.6 Å². The van der Waals surface area contributed by atoms with Crippen LogP contribution in [0.1, 0.15) is 13.8 Å². The number of aromatic nitrogens is 1. The van der Waals surface area contributed by atoms with Crippen molar-refractivity contribution in [2.24, 2.45) is 5.92 Å². The number of halogens is 2. The number of pyridine rings is 1. The van der Waals surface area contributed by atoms with Gasteiger partial charge in [-0.25, -0.2) is 13.4 Å². The van der Waals surface area contributed by atoms with Crippen LogP contribution in [0.5, 0.6) is 0 Å². The maximum absolute atomic E-state index is 11.6. The second-order valence-corrected chi connectivity index (χ2v) is 6.75. The molecule has 0 saturated carbocycles. The lowest BCUT2D eigenvalue weighted by molar-refractivity contribution is 0.587. The molecule has 90 valence electrons. The predicted molar refractivity (Wildman–Crippen MR) is 69.2 cm³/mol. The van der Waals surface area contributed by atoms with Gasteiger partial charge in [0.1, 0.15) is 5.15 Å². The fraction of sp³-hybridized carbons (Fsp3) is 0.444. The summed E-state index contributed by atoms with van der Waals surface area (Å²) in [4.78, 5) is 3.83. The van der Waals surface area contributed by atoms with E-state index in [2.05, 4.69) is 25.6 Å². The molecule has 0 saturated heterocycles. The summed E-state index contributed by atoms with van der Waals surface area (Å²) in [6.07, 6.45) is 1.38. The molecular weight excluding hydrogens is 316 g/mol. The summed E-state index contributed by atoms with van der Waals surface area (Å²) in [6.45, 7) is 3.69. The van der Waals surface area contributed by atoms with Gasteiger partial charge >= 0.3 is 0 Å². The Bertz CT molecular complexity index is 476. The van der Waals surface area contributed by atoms with Crippen LogP contribution in [0.25, 0.3) is 0 Å². The minimum Gasteiger partial charge on any atom is -0.282 e. The van der Waals surface area contributed by atoms with Crippen LogP contribution in [0, 0.1) is 5.92 Å². The van der Waals surface area contributed by atoms with E-state index in [9.17, 15) is 8.42 Å². The predicted octanol–water partition coefficient (Wildman–Crippen LogP) is 2.90. The van der Waals surface area contributed by atoms with E-state index in [1.54, 1.807) is 6.07 Å². The first kappa shape index (κ1) is 13.7. The highest BCUT2D eigenvalue weighted by Crippen LogP contribution is 2.23. The molecule has 4 nitrogen and oxygen atoms in total. The lowest BCUT2D eigenvalue weighted by Gasteiger charge is -2.09. The molecule has 0 fully saturated rings. The summed E-state index contributed by atoms with van der Waals surface area (Å²) in [7, 11) is -3.32. The average Bonchev–Trinajstić information content (AvgIpc) is 2.08. The van der Waals surface area contributed by atoms with E-state index in [0.29, 0.717) is 15.3 Å². The molecule has 0 aliphatic carbocycles. The minimum atomic E-state index is -3.32. The molecule has 1 rings (SSSR count). The van der Waals surface area contributed by atoms with Gasteiger partial charge in [0.25, 0.3) is 0 Å². The van der Waals surface area contributed by atoms with Crippen molar-refractivity contribution in [2.45, 2.75) is 13.8 Å². The van der Waals surface area contributed by atoms with Crippen LogP contribution in [-0.4, -0.2) is 19.2 Å². The molecule has 0 aliphatic rings. The number of anilines is 1. The zero-order valence-corrected chi connectivity index (χ0v) is 12.0. The SMILES string of the molecule is CC(C)CS(=O)(=O)Nc1cnc(Cl)c(Br)c1. The largest absolute Gasteiger partial charge is 0.282 e. The summed E-state index contributed by atoms with van der Waals surface area (Å²) >= 11 is 8.88. The second kappa shape index (κ2) is 5.33. The molecular formula is C9H12BrClN2O2S. The molecule has 0 bridgehead atoms. The molecule has 1 heterocycles. The Morgan fingerprint density at radius 1 is 1.56 bits per heavy atom. The van der Waals surface area contributed by atoms with Crippen LogP contribution < -0.4 is 4.72 Å². The molecule has 16 heavy (non-hydrogen) atoms. The van der Waals surface area contributed by atoms with Crippen LogP contribution in [0.3, 0.4) is 0 Å². The summed E-state index contributed by atoms with van der Waals surface area (Å²) < 4.78 is 26.2. The molecule has 0 unspecified atom stereocenters. The first-order valence-electron chi connectivity index (χ1n) is 4.61. The van der Waals surface area contributed by atoms with Gasteiger partial charge in [0.2, 0.25) is 10.0 Å². The molecule has 0 atom stereocenters. The van der Waals surface area contributed by atoms with Gasteiger partial charge in [-0.05, 0) is 27.9 Å². The minimum absolute atomic E-state index is 0.0706. The Morgan fingerprint density at radius 2 is 2.19 bits per heavy atom. The van der Waals surface area contributed by atoms with Gasteiger partial charge in [-0.1, -0.05) is 25.4 Å². The van der Waals surface area contributed by atoms with E-state index in [1.165, 1.54) is 6.20 Å². The van der Waals surface area contributed by atoms with Gasteiger partial charge in [-0.3, -0.25) is 4.72 Å². The van der Waals surface area contributed by atoms with Gasteiger partial charge in [-0.15, -0.1) is 0 Å². The monoisotopic (exact) mass is 326 g/mol. The van der Waals surface area contributed by atoms with E-state index in [0.717, 1.165) is 0 Å². The molecule has 1 aromatic rings. The van der Waals surface area contributed by atoms with Crippen molar-refractivity contribution in [3.8, 4) is 0 Å². The normalized spacial score (nSPS) is 11.8. The topological polar surface area (TPSA) is 59.1 Å². The number of nitrogens with zero attached hydrogens (tertiary/aromatic N) is 1. The lowest BCUT2D eigenvalue weighted by atomic mass is 10.3. The van der Waals surface area contributed by atoms with Gasteiger partial charge in [0, 0.05) is 0 Å². The Labute approximate surface area is 109 Å². The third kappa shape index (κ3) is 4.27. The molecule has 1 N–H and O–H groups in total. The Morgan fingerprint density at radius 3 is 2.69 bits per heavy atom. The third-order valence-electron chi connectivity index (χ3n) is 1.62. The van der Waals surface area contributed by atoms with E-state index >= 15 is 0 Å². The summed E-state index contributed by atoms with van der Waals surface area (Å²) in [5.41, 5.74) is 0.400. The fourth-order valence-corrected chi connectivity index (χ4v) is 3.02. The van der Waals surface area contributed by atoms with Crippen molar-refractivity contribution in [1.82, 2.24) is 4.98 Å². The van der Waals surface area contributed by atoms with Gasteiger partial charge in [-0.2, -0.15) is 0 Å². The number of sulfonamides is 1. The van der Waals surface area contributed by atoms with Crippen LogP contribution >= 0.6 is 27.5 Å². The number of rotatable bonds is 4. The fourth-order valence-electron chi connectivity index (χ4n) is 1.14. The Hall–Kier alpha value is -0.330. The maximum Gasteiger partial charge on any atom is 0.233 e. The van der Waals surface area contributed by atoms with Crippen molar-refractivity contribution in [1.29, 1.82) is 0 Å². The van der Waals surface area contributed by atoms with Gasteiger partial charge < -0.3 is 0 Å². The Kier molecular flexibility index (Phi) is 4.58. The van der Waals surface area contributed by atoms with Crippen LogP contribution in [0.2, 0.25) is 5.15 Å². The number of hydrogen-bond donors (Lipinski definition) is 1. The third-order valence-corrected chi connectivity index (χ3v) is 4.41. The highest BCUT2D eigenvalue weighted by Gasteiger charge is 2.13. The van der Waals surface area contributed by atoms with Crippen molar-refractivity contribution >= 4 is 43.2 Å². The molecule has 0 radical (unpaired) electrons. The molecule has 0 aromatic carbocycles.